The lowest BCUT2D eigenvalue weighted by molar-refractivity contribution is -0.137. The van der Waals surface area contributed by atoms with Gasteiger partial charge < -0.3 is 10.6 Å². The summed E-state index contributed by atoms with van der Waals surface area (Å²) in [5, 5.41) is 3.35. The maximum atomic E-state index is 12.3. The zero-order valence-electron chi connectivity index (χ0n) is 7.88. The third-order valence-electron chi connectivity index (χ3n) is 1.68. The van der Waals surface area contributed by atoms with E-state index in [0.29, 0.717) is 0 Å². The van der Waals surface area contributed by atoms with Gasteiger partial charge in [-0.25, -0.2) is 0 Å². The Morgan fingerprint density at radius 2 is 2.07 bits per heavy atom. The van der Waals surface area contributed by atoms with Gasteiger partial charge in [0.05, 0.1) is 5.56 Å². The highest BCUT2D eigenvalue weighted by Crippen LogP contribution is 2.29. The number of benzene rings is 1. The van der Waals surface area contributed by atoms with Crippen molar-refractivity contribution in [3.05, 3.63) is 35.4 Å². The van der Waals surface area contributed by atoms with Gasteiger partial charge in [-0.15, -0.1) is 0 Å². The van der Waals surface area contributed by atoms with Crippen LogP contribution in [0, 0.1) is 0 Å². The minimum absolute atomic E-state index is 0.0939. The molecule has 0 fully saturated rings. The van der Waals surface area contributed by atoms with Gasteiger partial charge in [0.1, 0.15) is 7.11 Å². The van der Waals surface area contributed by atoms with Crippen LogP contribution in [0.4, 0.5) is 13.2 Å². The molecule has 0 bridgehead atoms. The van der Waals surface area contributed by atoms with Crippen LogP contribution < -0.4 is 5.73 Å². The standard InChI is InChI=1S/C9H9F3N2O/c1-15-14-8(13)6-3-2-4-7(5-6)9(10,11)12/h2-5H,1H3,(H2,13,14). The lowest BCUT2D eigenvalue weighted by Gasteiger charge is -2.07. The minimum Gasteiger partial charge on any atom is -0.397 e. The van der Waals surface area contributed by atoms with Crippen molar-refractivity contribution in [1.29, 1.82) is 0 Å². The predicted molar refractivity (Wildman–Crippen MR) is 49.2 cm³/mol. The van der Waals surface area contributed by atoms with Crippen molar-refractivity contribution in [3.8, 4) is 0 Å². The van der Waals surface area contributed by atoms with E-state index >= 15 is 0 Å². The van der Waals surface area contributed by atoms with Crippen LogP contribution in [-0.2, 0) is 11.0 Å². The first-order valence-electron chi connectivity index (χ1n) is 3.99. The number of hydrogen-bond donors (Lipinski definition) is 1. The SMILES string of the molecule is CO/N=C(\N)c1cccc(C(F)(F)F)c1. The molecule has 0 aliphatic rings. The number of amidine groups is 1. The summed E-state index contributed by atoms with van der Waals surface area (Å²) in [6, 6.07) is 4.56. The normalized spacial score (nSPS) is 12.7. The predicted octanol–water partition coefficient (Wildman–Crippen LogP) is 1.97. The van der Waals surface area contributed by atoms with E-state index in [2.05, 4.69) is 9.99 Å². The molecule has 0 saturated heterocycles. The zero-order valence-corrected chi connectivity index (χ0v) is 7.88. The monoisotopic (exact) mass is 218 g/mol. The van der Waals surface area contributed by atoms with Crippen LogP contribution in [0.15, 0.2) is 29.4 Å². The number of halogens is 3. The molecular formula is C9H9F3N2O. The number of alkyl halides is 3. The Hall–Kier alpha value is -1.72. The van der Waals surface area contributed by atoms with Crippen LogP contribution in [0.25, 0.3) is 0 Å². The second-order valence-electron chi connectivity index (χ2n) is 2.74. The second-order valence-corrected chi connectivity index (χ2v) is 2.74. The first-order valence-corrected chi connectivity index (χ1v) is 3.99. The Kier molecular flexibility index (Phi) is 3.18. The molecule has 1 aromatic rings. The van der Waals surface area contributed by atoms with E-state index in [4.69, 9.17) is 5.73 Å². The third kappa shape index (κ3) is 2.87. The number of oxime groups is 1. The molecule has 0 atom stereocenters. The molecular weight excluding hydrogens is 209 g/mol. The van der Waals surface area contributed by atoms with Crippen LogP contribution in [0.2, 0.25) is 0 Å². The zero-order chi connectivity index (χ0) is 11.5. The van der Waals surface area contributed by atoms with E-state index in [0.717, 1.165) is 12.1 Å². The van der Waals surface area contributed by atoms with E-state index in [1.54, 1.807) is 0 Å². The van der Waals surface area contributed by atoms with E-state index in [1.165, 1.54) is 19.2 Å². The first kappa shape index (κ1) is 11.4. The van der Waals surface area contributed by atoms with Gasteiger partial charge >= 0.3 is 6.18 Å². The fraction of sp³-hybridized carbons (Fsp3) is 0.222. The summed E-state index contributed by atoms with van der Waals surface area (Å²) < 4.78 is 36.9. The van der Waals surface area contributed by atoms with Crippen molar-refractivity contribution in [1.82, 2.24) is 0 Å². The van der Waals surface area contributed by atoms with Gasteiger partial charge in [0, 0.05) is 5.56 Å². The van der Waals surface area contributed by atoms with Crippen molar-refractivity contribution in [2.45, 2.75) is 6.18 Å². The van der Waals surface area contributed by atoms with Crippen LogP contribution >= 0.6 is 0 Å². The van der Waals surface area contributed by atoms with Crippen LogP contribution in [-0.4, -0.2) is 12.9 Å². The van der Waals surface area contributed by atoms with Crippen LogP contribution in [0.1, 0.15) is 11.1 Å². The van der Waals surface area contributed by atoms with Crippen LogP contribution in [0.5, 0.6) is 0 Å². The van der Waals surface area contributed by atoms with E-state index in [-0.39, 0.29) is 11.4 Å². The molecule has 0 aromatic heterocycles. The molecule has 0 aliphatic carbocycles. The molecule has 0 radical (unpaired) electrons. The number of nitrogens with zero attached hydrogens (tertiary/aromatic N) is 1. The molecule has 82 valence electrons. The summed E-state index contributed by atoms with van der Waals surface area (Å²) in [4.78, 5) is 4.37. The molecule has 1 rings (SSSR count). The second kappa shape index (κ2) is 4.20. The number of rotatable bonds is 2. The highest BCUT2D eigenvalue weighted by molar-refractivity contribution is 5.97. The molecule has 0 unspecified atom stereocenters. The minimum atomic E-state index is -4.39. The molecule has 0 saturated carbocycles. The molecule has 0 amide bonds. The van der Waals surface area contributed by atoms with Crippen molar-refractivity contribution < 1.29 is 18.0 Å². The fourth-order valence-electron chi connectivity index (χ4n) is 1.01. The summed E-state index contributed by atoms with van der Waals surface area (Å²) in [6.45, 7) is 0. The van der Waals surface area contributed by atoms with Gasteiger partial charge in [-0.05, 0) is 12.1 Å². The quantitative estimate of drug-likeness (QED) is 0.468. The highest BCUT2D eigenvalue weighted by atomic mass is 19.4. The average molecular weight is 218 g/mol. The number of nitrogens with two attached hydrogens (primary N) is 1. The molecule has 1 aromatic carbocycles. The molecule has 15 heavy (non-hydrogen) atoms. The summed E-state index contributed by atoms with van der Waals surface area (Å²) in [6.07, 6.45) is -4.39. The molecule has 0 aliphatic heterocycles. The molecule has 0 heterocycles. The maximum Gasteiger partial charge on any atom is 0.416 e. The van der Waals surface area contributed by atoms with Crippen molar-refractivity contribution in [2.75, 3.05) is 7.11 Å². The summed E-state index contributed by atoms with van der Waals surface area (Å²) in [5.41, 5.74) is 4.78. The van der Waals surface area contributed by atoms with E-state index in [9.17, 15) is 13.2 Å². The Morgan fingerprint density at radius 3 is 2.60 bits per heavy atom. The van der Waals surface area contributed by atoms with Gasteiger partial charge in [0.2, 0.25) is 0 Å². The van der Waals surface area contributed by atoms with E-state index in [1.807, 2.05) is 0 Å². The maximum absolute atomic E-state index is 12.3. The Bertz CT molecular complexity index is 374. The lowest BCUT2D eigenvalue weighted by Crippen LogP contribution is -2.15. The van der Waals surface area contributed by atoms with Gasteiger partial charge in [-0.1, -0.05) is 17.3 Å². The summed E-state index contributed by atoms with van der Waals surface area (Å²) >= 11 is 0. The molecule has 2 N–H and O–H groups in total. The molecule has 0 spiro atoms. The first-order chi connectivity index (χ1) is 6.95. The van der Waals surface area contributed by atoms with Gasteiger partial charge in [-0.3, -0.25) is 0 Å². The third-order valence-corrected chi connectivity index (χ3v) is 1.68. The van der Waals surface area contributed by atoms with Crippen LogP contribution in [0.3, 0.4) is 0 Å². The topological polar surface area (TPSA) is 47.6 Å². The summed E-state index contributed by atoms with van der Waals surface area (Å²) in [5.74, 6) is -0.0939. The van der Waals surface area contributed by atoms with E-state index < -0.39 is 11.7 Å². The van der Waals surface area contributed by atoms with Gasteiger partial charge in [0.15, 0.2) is 5.84 Å². The highest BCUT2D eigenvalue weighted by Gasteiger charge is 2.30. The van der Waals surface area contributed by atoms with Gasteiger partial charge in [-0.2, -0.15) is 13.2 Å². The largest absolute Gasteiger partial charge is 0.416 e. The smallest absolute Gasteiger partial charge is 0.397 e. The van der Waals surface area contributed by atoms with Crippen molar-refractivity contribution in [3.63, 3.8) is 0 Å². The molecule has 3 nitrogen and oxygen atoms in total. The fourth-order valence-corrected chi connectivity index (χ4v) is 1.01. The average Bonchev–Trinajstić information content (AvgIpc) is 2.17. The Morgan fingerprint density at radius 1 is 1.40 bits per heavy atom. The lowest BCUT2D eigenvalue weighted by atomic mass is 10.1. The summed E-state index contributed by atoms with van der Waals surface area (Å²) in [7, 11) is 1.26. The number of hydrogen-bond acceptors (Lipinski definition) is 2. The molecule has 6 heteroatoms. The Balaban J connectivity index is 3.08. The van der Waals surface area contributed by atoms with Crippen molar-refractivity contribution in [2.24, 2.45) is 10.9 Å². The van der Waals surface area contributed by atoms with Crippen molar-refractivity contribution >= 4 is 5.84 Å². The Labute approximate surface area is 84.3 Å². The van der Waals surface area contributed by atoms with Gasteiger partial charge in [0.25, 0.3) is 0 Å².